The summed E-state index contributed by atoms with van der Waals surface area (Å²) < 4.78 is 11.8. The van der Waals surface area contributed by atoms with Gasteiger partial charge < -0.3 is 29.9 Å². The van der Waals surface area contributed by atoms with Gasteiger partial charge in [-0.15, -0.1) is 0 Å². The maximum atomic E-state index is 10.1. The molecule has 1 aliphatic heterocycles. The average molecular weight is 326 g/mol. The minimum Gasteiger partial charge on any atom is -0.394 e. The molecule has 1 saturated heterocycles. The van der Waals surface area contributed by atoms with E-state index < -0.39 is 37.3 Å². The molecule has 0 aliphatic carbocycles. The quantitative estimate of drug-likeness (QED) is 0.496. The summed E-state index contributed by atoms with van der Waals surface area (Å²) in [4.78, 5) is 12.3. The van der Waals surface area contributed by atoms with E-state index in [-0.39, 0.29) is 6.61 Å². The van der Waals surface area contributed by atoms with Crippen LogP contribution < -0.4 is 0 Å². The van der Waals surface area contributed by atoms with Crippen LogP contribution in [0.2, 0.25) is 0 Å². The van der Waals surface area contributed by atoms with E-state index in [1.807, 2.05) is 0 Å². The van der Waals surface area contributed by atoms with E-state index in [1.54, 1.807) is 0 Å². The Morgan fingerprint density at radius 3 is 2.74 bits per heavy atom. The van der Waals surface area contributed by atoms with Crippen LogP contribution in [-0.2, 0) is 9.47 Å². The molecule has 2 aromatic heterocycles. The lowest BCUT2D eigenvalue weighted by molar-refractivity contribution is -0.0511. The summed E-state index contributed by atoms with van der Waals surface area (Å²) in [5.74, 6) is 0. The minimum absolute atomic E-state index is 0.0484. The number of imidazole rings is 1. The second-order valence-corrected chi connectivity index (χ2v) is 5.28. The first kappa shape index (κ1) is 16.2. The van der Waals surface area contributed by atoms with Gasteiger partial charge in [-0.05, 0) is 0 Å². The first-order valence-corrected chi connectivity index (χ1v) is 7.05. The second-order valence-electron chi connectivity index (χ2n) is 5.28. The van der Waals surface area contributed by atoms with Crippen LogP contribution in [0.1, 0.15) is 18.0 Å². The Morgan fingerprint density at radius 2 is 2.09 bits per heavy atom. The fourth-order valence-corrected chi connectivity index (χ4v) is 2.65. The van der Waals surface area contributed by atoms with Crippen molar-refractivity contribution >= 4 is 11.2 Å². The lowest BCUT2D eigenvalue weighted by Crippen LogP contribution is -2.33. The predicted molar refractivity (Wildman–Crippen MR) is 75.2 cm³/mol. The van der Waals surface area contributed by atoms with Crippen molar-refractivity contribution < 1.29 is 29.9 Å². The molecule has 10 heteroatoms. The van der Waals surface area contributed by atoms with Crippen LogP contribution >= 0.6 is 0 Å². The number of methoxy groups -OCH3 is 1. The molecule has 4 N–H and O–H groups in total. The molecule has 0 bridgehead atoms. The Kier molecular flexibility index (Phi) is 4.53. The van der Waals surface area contributed by atoms with E-state index in [9.17, 15) is 15.3 Å². The molecule has 0 aromatic carbocycles. The first-order chi connectivity index (χ1) is 11.1. The third kappa shape index (κ3) is 2.69. The number of ether oxygens (including phenoxy) is 2. The van der Waals surface area contributed by atoms with Gasteiger partial charge >= 0.3 is 0 Å². The fraction of sp³-hybridized carbons (Fsp3) is 0.615. The van der Waals surface area contributed by atoms with Gasteiger partial charge in [-0.2, -0.15) is 0 Å². The highest BCUT2D eigenvalue weighted by atomic mass is 16.6. The van der Waals surface area contributed by atoms with Crippen molar-refractivity contribution in [3.05, 3.63) is 18.3 Å². The number of aromatic nitrogens is 4. The van der Waals surface area contributed by atoms with Gasteiger partial charge in [0.05, 0.1) is 19.5 Å². The van der Waals surface area contributed by atoms with Crippen LogP contribution in [0.5, 0.6) is 0 Å². The van der Waals surface area contributed by atoms with Gasteiger partial charge in [-0.3, -0.25) is 4.57 Å². The predicted octanol–water partition coefficient (Wildman–Crippen LogP) is -1.88. The van der Waals surface area contributed by atoms with Crippen molar-refractivity contribution in [2.75, 3.05) is 20.3 Å². The van der Waals surface area contributed by atoms with Gasteiger partial charge in [0.15, 0.2) is 11.9 Å². The van der Waals surface area contributed by atoms with Crippen LogP contribution in [0, 0.1) is 0 Å². The maximum Gasteiger partial charge on any atom is 0.165 e. The van der Waals surface area contributed by atoms with Crippen LogP contribution in [0.4, 0.5) is 0 Å². The SMILES string of the molecule is COCC(O)c1ncnc2c1ncn2[C@@H]1O[C@H](CO)[C@@H](O)[C@H]1O. The molecule has 0 amide bonds. The molecule has 10 nitrogen and oxygen atoms in total. The molecular weight excluding hydrogens is 308 g/mol. The topological polar surface area (TPSA) is 143 Å². The molecule has 5 atom stereocenters. The summed E-state index contributed by atoms with van der Waals surface area (Å²) in [7, 11) is 1.46. The van der Waals surface area contributed by atoms with Gasteiger partial charge in [0.2, 0.25) is 0 Å². The van der Waals surface area contributed by atoms with Crippen LogP contribution in [0.15, 0.2) is 12.7 Å². The Balaban J connectivity index is 1.99. The van der Waals surface area contributed by atoms with Gasteiger partial charge in [0.25, 0.3) is 0 Å². The van der Waals surface area contributed by atoms with Gasteiger partial charge in [0.1, 0.15) is 42.0 Å². The number of fused-ring (bicyclic) bond motifs is 1. The molecule has 1 aliphatic rings. The molecule has 23 heavy (non-hydrogen) atoms. The zero-order valence-electron chi connectivity index (χ0n) is 12.3. The van der Waals surface area contributed by atoms with Crippen LogP contribution in [0.25, 0.3) is 11.2 Å². The molecule has 0 saturated carbocycles. The first-order valence-electron chi connectivity index (χ1n) is 7.05. The van der Waals surface area contributed by atoms with Crippen molar-refractivity contribution in [3.8, 4) is 0 Å². The van der Waals surface area contributed by atoms with E-state index >= 15 is 0 Å². The van der Waals surface area contributed by atoms with Crippen molar-refractivity contribution in [1.29, 1.82) is 0 Å². The van der Waals surface area contributed by atoms with E-state index in [4.69, 9.17) is 14.6 Å². The van der Waals surface area contributed by atoms with Gasteiger partial charge in [-0.1, -0.05) is 0 Å². The highest BCUT2D eigenvalue weighted by Gasteiger charge is 2.44. The Hall–Kier alpha value is -1.69. The molecule has 126 valence electrons. The summed E-state index contributed by atoms with van der Waals surface area (Å²) in [5.41, 5.74) is 0.970. The number of aliphatic hydroxyl groups is 4. The molecular formula is C13H18N4O6. The number of nitrogens with zero attached hydrogens (tertiary/aromatic N) is 4. The Bertz CT molecular complexity index is 680. The fourth-order valence-electron chi connectivity index (χ4n) is 2.65. The molecule has 3 heterocycles. The molecule has 1 fully saturated rings. The van der Waals surface area contributed by atoms with Crippen molar-refractivity contribution in [2.45, 2.75) is 30.6 Å². The lowest BCUT2D eigenvalue weighted by Gasteiger charge is -2.16. The molecule has 1 unspecified atom stereocenters. The van der Waals surface area contributed by atoms with E-state index in [2.05, 4.69) is 15.0 Å². The normalized spacial score (nSPS) is 29.3. The summed E-state index contributed by atoms with van der Waals surface area (Å²) in [5, 5.41) is 39.2. The Labute approximate surface area is 131 Å². The summed E-state index contributed by atoms with van der Waals surface area (Å²) in [6, 6.07) is 0. The summed E-state index contributed by atoms with van der Waals surface area (Å²) >= 11 is 0. The monoisotopic (exact) mass is 326 g/mol. The van der Waals surface area contributed by atoms with E-state index in [1.165, 1.54) is 24.3 Å². The second kappa shape index (κ2) is 6.43. The molecule has 0 spiro atoms. The largest absolute Gasteiger partial charge is 0.394 e. The summed E-state index contributed by atoms with van der Waals surface area (Å²) in [6.45, 7) is -0.374. The highest BCUT2D eigenvalue weighted by molar-refractivity contribution is 5.73. The van der Waals surface area contributed by atoms with E-state index in [0.717, 1.165) is 0 Å². The number of rotatable bonds is 5. The zero-order valence-corrected chi connectivity index (χ0v) is 12.3. The standard InChI is InChI=1S/C13H18N4O6/c1-22-3-6(19)8-9-12(15-4-14-8)17(5-16-9)13-11(21)10(20)7(2-18)23-13/h4-7,10-11,13,18-21H,2-3H2,1H3/t6?,7-,10-,11-,13-/m1/s1. The lowest BCUT2D eigenvalue weighted by atomic mass is 10.1. The zero-order chi connectivity index (χ0) is 16.6. The van der Waals surface area contributed by atoms with Gasteiger partial charge in [-0.25, -0.2) is 15.0 Å². The smallest absolute Gasteiger partial charge is 0.165 e. The number of aliphatic hydroxyl groups excluding tert-OH is 4. The highest BCUT2D eigenvalue weighted by Crippen LogP contribution is 2.32. The summed E-state index contributed by atoms with van der Waals surface area (Å²) in [6.07, 6.45) is -2.64. The Morgan fingerprint density at radius 1 is 1.30 bits per heavy atom. The molecule has 0 radical (unpaired) electrons. The van der Waals surface area contributed by atoms with Crippen LogP contribution in [-0.4, -0.2) is 78.6 Å². The maximum absolute atomic E-state index is 10.1. The minimum atomic E-state index is -1.24. The van der Waals surface area contributed by atoms with Crippen LogP contribution in [0.3, 0.4) is 0 Å². The van der Waals surface area contributed by atoms with Crippen molar-refractivity contribution in [3.63, 3.8) is 0 Å². The number of hydrogen-bond acceptors (Lipinski definition) is 9. The van der Waals surface area contributed by atoms with Gasteiger partial charge in [0, 0.05) is 7.11 Å². The third-order valence-corrected chi connectivity index (χ3v) is 3.82. The van der Waals surface area contributed by atoms with E-state index in [0.29, 0.717) is 16.9 Å². The number of hydrogen-bond donors (Lipinski definition) is 4. The van der Waals surface area contributed by atoms with Crippen molar-refractivity contribution in [1.82, 2.24) is 19.5 Å². The molecule has 3 rings (SSSR count). The van der Waals surface area contributed by atoms with Crippen molar-refractivity contribution in [2.24, 2.45) is 0 Å². The third-order valence-electron chi connectivity index (χ3n) is 3.82. The molecule has 2 aromatic rings. The average Bonchev–Trinajstić information content (AvgIpc) is 3.09.